The number of hydrogen-bond donors (Lipinski definition) is 2. The Kier molecular flexibility index (Phi) is 5.24. The number of carbonyl (C=O) groups excluding carboxylic acids is 2. The molecule has 11 heteroatoms. The van der Waals surface area contributed by atoms with Gasteiger partial charge in [-0.1, -0.05) is 5.16 Å². The molecule has 0 bridgehead atoms. The molecule has 0 spiro atoms. The molecule has 1 fully saturated rings. The molecule has 1 saturated heterocycles. The fourth-order valence-corrected chi connectivity index (χ4v) is 5.72. The first kappa shape index (κ1) is 20.4. The first-order chi connectivity index (χ1) is 14.3. The van der Waals surface area contributed by atoms with E-state index in [0.717, 1.165) is 4.70 Å². The van der Waals surface area contributed by atoms with Gasteiger partial charge in [0.2, 0.25) is 0 Å². The number of rotatable bonds is 5. The summed E-state index contributed by atoms with van der Waals surface area (Å²) in [6, 6.07) is 5.03. The number of nitrogens with one attached hydrogen (secondary N) is 1. The van der Waals surface area contributed by atoms with Gasteiger partial charge in [-0.05, 0) is 42.1 Å². The molecule has 2 N–H and O–H groups in total. The van der Waals surface area contributed by atoms with Crippen molar-refractivity contribution in [2.45, 2.75) is 18.3 Å². The molecule has 1 aromatic carbocycles. The molecule has 8 nitrogen and oxygen atoms in total. The fourth-order valence-electron chi connectivity index (χ4n) is 3.41. The minimum absolute atomic E-state index is 0.0356. The van der Waals surface area contributed by atoms with Crippen LogP contribution in [0.15, 0.2) is 40.7 Å². The molecule has 0 radical (unpaired) electrons. The summed E-state index contributed by atoms with van der Waals surface area (Å²) < 4.78 is 14.2. The molecule has 2 atom stereocenters. The predicted molar refractivity (Wildman–Crippen MR) is 111 cm³/mol. The van der Waals surface area contributed by atoms with E-state index >= 15 is 0 Å². The maximum Gasteiger partial charge on any atom is 0.352 e. The number of carbonyl (C=O) groups is 3. The van der Waals surface area contributed by atoms with Gasteiger partial charge in [0.1, 0.15) is 30.0 Å². The highest BCUT2D eigenvalue weighted by Gasteiger charge is 2.54. The number of thiophene rings is 1. The van der Waals surface area contributed by atoms with E-state index in [-0.39, 0.29) is 11.4 Å². The van der Waals surface area contributed by atoms with Crippen molar-refractivity contribution in [1.82, 2.24) is 10.2 Å². The van der Waals surface area contributed by atoms with Gasteiger partial charge in [0.05, 0.1) is 4.88 Å². The van der Waals surface area contributed by atoms with Crippen molar-refractivity contribution in [1.29, 1.82) is 0 Å². The third kappa shape index (κ3) is 3.33. The lowest BCUT2D eigenvalue weighted by molar-refractivity contribution is -0.150. The number of aliphatic carboxylic acids is 1. The normalized spacial score (nSPS) is 21.4. The van der Waals surface area contributed by atoms with Gasteiger partial charge in [-0.25, -0.2) is 9.18 Å². The van der Waals surface area contributed by atoms with Crippen molar-refractivity contribution in [3.63, 3.8) is 0 Å². The Morgan fingerprint density at radius 1 is 1.37 bits per heavy atom. The molecule has 30 heavy (non-hydrogen) atoms. The predicted octanol–water partition coefficient (Wildman–Crippen LogP) is 2.15. The first-order valence-electron chi connectivity index (χ1n) is 8.81. The zero-order valence-electron chi connectivity index (χ0n) is 15.8. The lowest BCUT2D eigenvalue weighted by atomic mass is 10.0. The molecule has 1 unspecified atom stereocenters. The van der Waals surface area contributed by atoms with E-state index in [4.69, 9.17) is 4.84 Å². The molecular weight excluding hydrogens is 433 g/mol. The van der Waals surface area contributed by atoms with Crippen molar-refractivity contribution in [2.75, 3.05) is 12.9 Å². The van der Waals surface area contributed by atoms with Crippen LogP contribution in [0.25, 0.3) is 10.1 Å². The van der Waals surface area contributed by atoms with Gasteiger partial charge in [-0.15, -0.1) is 23.1 Å². The number of nitrogens with zero attached hydrogens (tertiary/aromatic N) is 2. The van der Waals surface area contributed by atoms with Crippen molar-refractivity contribution in [2.24, 2.45) is 5.16 Å². The number of halogens is 1. The number of carboxylic acid groups (broad SMARTS) is 1. The summed E-state index contributed by atoms with van der Waals surface area (Å²) in [4.78, 5) is 43.4. The summed E-state index contributed by atoms with van der Waals surface area (Å²) in [6.07, 6.45) is 0. The standard InChI is InChI=1S/C19H16FN3O5S2/c1-8-7-29-18-14(17(25)23(18)15(8)19(26)27)21-16(24)13(22-28-2)12-6-9-5-10(20)3-4-11(9)30-12/h3-6,14,18H,7H2,1-2H3,(H,21,24)(H,26,27)/b22-13+/t14?,18-/m1/s1. The average molecular weight is 449 g/mol. The monoisotopic (exact) mass is 449 g/mol. The average Bonchev–Trinajstić information content (AvgIpc) is 3.12. The van der Waals surface area contributed by atoms with Crippen LogP contribution in [0.5, 0.6) is 0 Å². The highest BCUT2D eigenvalue weighted by atomic mass is 32.2. The largest absolute Gasteiger partial charge is 0.477 e. The first-order valence-corrected chi connectivity index (χ1v) is 10.7. The Morgan fingerprint density at radius 2 is 2.13 bits per heavy atom. The van der Waals surface area contributed by atoms with Crippen LogP contribution in [0.3, 0.4) is 0 Å². The number of fused-ring (bicyclic) bond motifs is 2. The van der Waals surface area contributed by atoms with Gasteiger partial charge in [0.15, 0.2) is 5.71 Å². The Bertz CT molecular complexity index is 1140. The number of oxime groups is 1. The highest BCUT2D eigenvalue weighted by Crippen LogP contribution is 2.40. The van der Waals surface area contributed by atoms with Crippen LogP contribution in [0.1, 0.15) is 11.8 Å². The molecule has 3 heterocycles. The van der Waals surface area contributed by atoms with Gasteiger partial charge >= 0.3 is 5.97 Å². The minimum atomic E-state index is -1.17. The van der Waals surface area contributed by atoms with Gasteiger partial charge in [-0.2, -0.15) is 0 Å². The second-order valence-electron chi connectivity index (χ2n) is 6.71. The molecule has 0 aliphatic carbocycles. The van der Waals surface area contributed by atoms with E-state index in [0.29, 0.717) is 21.6 Å². The van der Waals surface area contributed by atoms with E-state index in [1.165, 1.54) is 47.2 Å². The molecule has 2 aliphatic heterocycles. The van der Waals surface area contributed by atoms with Gasteiger partial charge < -0.3 is 15.3 Å². The highest BCUT2D eigenvalue weighted by molar-refractivity contribution is 8.00. The van der Waals surface area contributed by atoms with Crippen molar-refractivity contribution in [3.05, 3.63) is 46.2 Å². The van der Waals surface area contributed by atoms with E-state index in [1.54, 1.807) is 19.1 Å². The fraction of sp³-hybridized carbons (Fsp3) is 0.263. The van der Waals surface area contributed by atoms with Crippen LogP contribution >= 0.6 is 23.1 Å². The molecule has 2 amide bonds. The summed E-state index contributed by atoms with van der Waals surface area (Å²) >= 11 is 2.62. The van der Waals surface area contributed by atoms with E-state index in [1.807, 2.05) is 0 Å². The Hall–Kier alpha value is -2.92. The Labute approximate surface area is 178 Å². The lowest BCUT2D eigenvalue weighted by Gasteiger charge is -2.49. The summed E-state index contributed by atoms with van der Waals surface area (Å²) in [5.74, 6) is -2.25. The van der Waals surface area contributed by atoms with Crippen molar-refractivity contribution < 1.29 is 28.7 Å². The molecule has 156 valence electrons. The number of carboxylic acids is 1. The quantitative estimate of drug-likeness (QED) is 0.411. The number of β-lactam (4-membered cyclic amide) rings is 1. The molecule has 0 saturated carbocycles. The number of hydrogen-bond acceptors (Lipinski definition) is 7. The Balaban J connectivity index is 1.57. The van der Waals surface area contributed by atoms with Gasteiger partial charge in [-0.3, -0.25) is 14.5 Å². The third-order valence-corrected chi connectivity index (χ3v) is 7.30. The van der Waals surface area contributed by atoms with Crippen molar-refractivity contribution in [3.8, 4) is 0 Å². The number of amides is 2. The van der Waals surface area contributed by atoms with Crippen LogP contribution in [0.2, 0.25) is 0 Å². The van der Waals surface area contributed by atoms with Gasteiger partial charge in [0.25, 0.3) is 11.8 Å². The SMILES string of the molecule is CO/N=C(/C(=O)NC1C(=O)N2C(C(=O)O)=C(C)CS[C@H]12)c1cc2cc(F)ccc2s1. The summed E-state index contributed by atoms with van der Waals surface area (Å²) in [7, 11) is 1.29. The maximum atomic E-state index is 13.5. The summed E-state index contributed by atoms with van der Waals surface area (Å²) in [6.45, 7) is 1.67. The molecule has 4 rings (SSSR count). The van der Waals surface area contributed by atoms with Crippen LogP contribution in [-0.2, 0) is 19.2 Å². The second-order valence-corrected chi connectivity index (χ2v) is 8.90. The van der Waals surface area contributed by atoms with Crippen molar-refractivity contribution >= 4 is 56.7 Å². The van der Waals surface area contributed by atoms with E-state index in [9.17, 15) is 23.9 Å². The maximum absolute atomic E-state index is 13.5. The lowest BCUT2D eigenvalue weighted by Crippen LogP contribution is -2.71. The summed E-state index contributed by atoms with van der Waals surface area (Å²) in [5.41, 5.74) is 0.518. The molecule has 2 aromatic rings. The van der Waals surface area contributed by atoms with E-state index in [2.05, 4.69) is 10.5 Å². The number of thioether (sulfide) groups is 1. The molecule has 1 aromatic heterocycles. The second kappa shape index (κ2) is 7.73. The minimum Gasteiger partial charge on any atom is -0.477 e. The number of benzene rings is 1. The molecule has 2 aliphatic rings. The van der Waals surface area contributed by atoms with Crippen LogP contribution < -0.4 is 5.32 Å². The zero-order valence-corrected chi connectivity index (χ0v) is 17.5. The smallest absolute Gasteiger partial charge is 0.352 e. The third-order valence-electron chi connectivity index (χ3n) is 4.76. The zero-order chi connectivity index (χ0) is 21.6. The van der Waals surface area contributed by atoms with Crippen LogP contribution in [0, 0.1) is 5.82 Å². The topological polar surface area (TPSA) is 108 Å². The van der Waals surface area contributed by atoms with Gasteiger partial charge in [0, 0.05) is 10.5 Å². The van der Waals surface area contributed by atoms with Crippen LogP contribution in [0.4, 0.5) is 4.39 Å². The summed E-state index contributed by atoms with van der Waals surface area (Å²) in [5, 5.41) is 15.9. The molecular formula is C19H16FN3O5S2. The Morgan fingerprint density at radius 3 is 2.83 bits per heavy atom. The van der Waals surface area contributed by atoms with Crippen LogP contribution in [-0.4, -0.2) is 57.8 Å². The van der Waals surface area contributed by atoms with E-state index < -0.39 is 35.0 Å².